The van der Waals surface area contributed by atoms with Crippen molar-refractivity contribution in [3.63, 3.8) is 0 Å². The first-order chi connectivity index (χ1) is 14.0. The number of rotatable bonds is 7. The number of nitrogens with one attached hydrogen (secondary N) is 2. The van der Waals surface area contributed by atoms with Crippen molar-refractivity contribution in [3.05, 3.63) is 44.0 Å². The molecule has 0 saturated carbocycles. The van der Waals surface area contributed by atoms with Crippen molar-refractivity contribution >= 4 is 62.1 Å². The summed E-state index contributed by atoms with van der Waals surface area (Å²) in [6.45, 7) is 2.91. The highest BCUT2D eigenvalue weighted by Crippen LogP contribution is 2.29. The molecular formula is C19H21BrClN3O4S. The van der Waals surface area contributed by atoms with Crippen LogP contribution in [0.4, 0.5) is 11.4 Å². The molecule has 3 rings (SSSR count). The van der Waals surface area contributed by atoms with E-state index in [1.807, 2.05) is 6.07 Å². The van der Waals surface area contributed by atoms with E-state index in [0.717, 1.165) is 22.6 Å². The van der Waals surface area contributed by atoms with E-state index < -0.39 is 6.04 Å². The Balaban J connectivity index is 1.65. The second-order valence-corrected chi connectivity index (χ2v) is 9.21. The van der Waals surface area contributed by atoms with Gasteiger partial charge in [-0.05, 0) is 46.3 Å². The summed E-state index contributed by atoms with van der Waals surface area (Å²) in [5.41, 5.74) is 1.45. The van der Waals surface area contributed by atoms with Crippen LogP contribution >= 0.6 is 38.9 Å². The highest BCUT2D eigenvalue weighted by atomic mass is 79.9. The Kier molecular flexibility index (Phi) is 7.91. The summed E-state index contributed by atoms with van der Waals surface area (Å²) in [7, 11) is 1.47. The number of amides is 2. The first kappa shape index (κ1) is 22.0. The SMILES string of the molecule is COC[C@@H](NC(=O)c1ccc(Br)s1)C(=O)Nc1ccc(N2CCOCC2)c(Cl)c1. The molecule has 29 heavy (non-hydrogen) atoms. The highest BCUT2D eigenvalue weighted by molar-refractivity contribution is 9.11. The molecule has 2 aromatic rings. The second-order valence-electron chi connectivity index (χ2n) is 6.34. The van der Waals surface area contributed by atoms with E-state index >= 15 is 0 Å². The number of benzene rings is 1. The molecule has 1 aliphatic heterocycles. The maximum absolute atomic E-state index is 12.7. The quantitative estimate of drug-likeness (QED) is 0.607. The van der Waals surface area contributed by atoms with Gasteiger partial charge in [-0.2, -0.15) is 0 Å². The standard InChI is InChI=1S/C19H21BrClN3O4S/c1-27-11-14(23-19(26)16-4-5-17(20)29-16)18(25)22-12-2-3-15(13(21)10-12)24-6-8-28-9-7-24/h2-5,10,14H,6-9,11H2,1H3,(H,22,25)(H,23,26)/t14-/m1/s1. The van der Waals surface area contributed by atoms with Crippen LogP contribution in [-0.2, 0) is 14.3 Å². The topological polar surface area (TPSA) is 79.9 Å². The smallest absolute Gasteiger partial charge is 0.262 e. The van der Waals surface area contributed by atoms with Gasteiger partial charge in [-0.3, -0.25) is 9.59 Å². The van der Waals surface area contributed by atoms with E-state index in [2.05, 4.69) is 31.5 Å². The van der Waals surface area contributed by atoms with Crippen molar-refractivity contribution in [3.8, 4) is 0 Å². The number of halogens is 2. The van der Waals surface area contributed by atoms with Crippen molar-refractivity contribution in [1.82, 2.24) is 5.32 Å². The van der Waals surface area contributed by atoms with Gasteiger partial charge in [-0.1, -0.05) is 11.6 Å². The normalized spacial score (nSPS) is 15.1. The molecule has 0 unspecified atom stereocenters. The lowest BCUT2D eigenvalue weighted by atomic mass is 10.2. The number of thiophene rings is 1. The zero-order valence-electron chi connectivity index (χ0n) is 15.7. The zero-order valence-corrected chi connectivity index (χ0v) is 18.9. The number of methoxy groups -OCH3 is 1. The van der Waals surface area contributed by atoms with Gasteiger partial charge >= 0.3 is 0 Å². The average molecular weight is 503 g/mol. The van der Waals surface area contributed by atoms with Gasteiger partial charge < -0.3 is 25.0 Å². The van der Waals surface area contributed by atoms with Crippen molar-refractivity contribution in [2.75, 3.05) is 50.2 Å². The van der Waals surface area contributed by atoms with Gasteiger partial charge in [-0.25, -0.2) is 0 Å². The van der Waals surface area contributed by atoms with Gasteiger partial charge in [-0.15, -0.1) is 11.3 Å². The summed E-state index contributed by atoms with van der Waals surface area (Å²) in [4.78, 5) is 27.7. The molecule has 1 fully saturated rings. The number of carbonyl (C=O) groups excluding carboxylic acids is 2. The molecule has 7 nitrogen and oxygen atoms in total. The van der Waals surface area contributed by atoms with Crippen molar-refractivity contribution in [2.24, 2.45) is 0 Å². The van der Waals surface area contributed by atoms with E-state index in [4.69, 9.17) is 21.1 Å². The van der Waals surface area contributed by atoms with Crippen LogP contribution in [0.5, 0.6) is 0 Å². The van der Waals surface area contributed by atoms with Crippen molar-refractivity contribution < 1.29 is 19.1 Å². The predicted octanol–water partition coefficient (Wildman–Crippen LogP) is 3.38. The van der Waals surface area contributed by atoms with E-state index in [0.29, 0.717) is 28.8 Å². The third-order valence-corrected chi connectivity index (χ3v) is 6.24. The number of morpholine rings is 1. The minimum Gasteiger partial charge on any atom is -0.382 e. The molecule has 2 amide bonds. The highest BCUT2D eigenvalue weighted by Gasteiger charge is 2.23. The van der Waals surface area contributed by atoms with E-state index in [1.165, 1.54) is 18.4 Å². The molecule has 2 heterocycles. The lowest BCUT2D eigenvalue weighted by molar-refractivity contribution is -0.119. The van der Waals surface area contributed by atoms with Crippen molar-refractivity contribution in [1.29, 1.82) is 0 Å². The van der Waals surface area contributed by atoms with E-state index in [1.54, 1.807) is 24.3 Å². The fourth-order valence-electron chi connectivity index (χ4n) is 2.89. The molecule has 2 N–H and O–H groups in total. The van der Waals surface area contributed by atoms with Gasteiger partial charge in [0.1, 0.15) is 6.04 Å². The van der Waals surface area contributed by atoms with Crippen LogP contribution in [0.15, 0.2) is 34.1 Å². The Morgan fingerprint density at radius 2 is 2.07 bits per heavy atom. The van der Waals surface area contributed by atoms with Gasteiger partial charge in [0, 0.05) is 25.9 Å². The molecule has 0 bridgehead atoms. The number of hydrogen-bond donors (Lipinski definition) is 2. The fraction of sp³-hybridized carbons (Fsp3) is 0.368. The number of ether oxygens (including phenoxy) is 2. The number of anilines is 2. The molecule has 156 valence electrons. The molecule has 10 heteroatoms. The predicted molar refractivity (Wildman–Crippen MR) is 118 cm³/mol. The van der Waals surface area contributed by atoms with Crippen LogP contribution in [0.3, 0.4) is 0 Å². The molecule has 1 aliphatic rings. The Hall–Kier alpha value is -1.65. The van der Waals surface area contributed by atoms with E-state index in [9.17, 15) is 9.59 Å². The monoisotopic (exact) mass is 501 g/mol. The molecule has 0 spiro atoms. The first-order valence-corrected chi connectivity index (χ1v) is 10.9. The maximum atomic E-state index is 12.7. The molecular weight excluding hydrogens is 482 g/mol. The van der Waals surface area contributed by atoms with Crippen molar-refractivity contribution in [2.45, 2.75) is 6.04 Å². The molecule has 0 radical (unpaired) electrons. The number of hydrogen-bond acceptors (Lipinski definition) is 6. The van der Waals surface area contributed by atoms with Crippen LogP contribution < -0.4 is 15.5 Å². The Morgan fingerprint density at radius 1 is 1.31 bits per heavy atom. The Bertz CT molecular complexity index is 873. The van der Waals surface area contributed by atoms with Gasteiger partial charge in [0.15, 0.2) is 0 Å². The lowest BCUT2D eigenvalue weighted by Gasteiger charge is -2.29. The molecule has 1 saturated heterocycles. The van der Waals surface area contributed by atoms with Crippen LogP contribution in [-0.4, -0.2) is 57.9 Å². The third kappa shape index (κ3) is 5.93. The third-order valence-electron chi connectivity index (χ3n) is 4.32. The Labute approximate surface area is 186 Å². The maximum Gasteiger partial charge on any atom is 0.262 e. The summed E-state index contributed by atoms with van der Waals surface area (Å²) in [6, 6.07) is 7.99. The second kappa shape index (κ2) is 10.4. The average Bonchev–Trinajstić information content (AvgIpc) is 3.15. The number of carbonyl (C=O) groups is 2. The minimum absolute atomic E-state index is 0.0453. The van der Waals surface area contributed by atoms with E-state index in [-0.39, 0.29) is 18.4 Å². The first-order valence-electron chi connectivity index (χ1n) is 8.96. The molecule has 1 aromatic heterocycles. The number of nitrogens with zero attached hydrogens (tertiary/aromatic N) is 1. The zero-order chi connectivity index (χ0) is 20.8. The Morgan fingerprint density at radius 3 is 2.69 bits per heavy atom. The lowest BCUT2D eigenvalue weighted by Crippen LogP contribution is -2.46. The molecule has 1 atom stereocenters. The molecule has 0 aliphatic carbocycles. The van der Waals surface area contributed by atoms with Gasteiger partial charge in [0.05, 0.1) is 39.2 Å². The summed E-state index contributed by atoms with van der Waals surface area (Å²) in [6.07, 6.45) is 0. The summed E-state index contributed by atoms with van der Waals surface area (Å²) >= 11 is 11.0. The minimum atomic E-state index is -0.842. The summed E-state index contributed by atoms with van der Waals surface area (Å²) in [5, 5.41) is 6.04. The summed E-state index contributed by atoms with van der Waals surface area (Å²) < 4.78 is 11.3. The van der Waals surface area contributed by atoms with Crippen LogP contribution in [0, 0.1) is 0 Å². The van der Waals surface area contributed by atoms with Gasteiger partial charge in [0.2, 0.25) is 5.91 Å². The summed E-state index contributed by atoms with van der Waals surface area (Å²) in [5.74, 6) is -0.718. The van der Waals surface area contributed by atoms with Crippen LogP contribution in [0.2, 0.25) is 5.02 Å². The molecule has 1 aromatic carbocycles. The van der Waals surface area contributed by atoms with Gasteiger partial charge in [0.25, 0.3) is 5.91 Å². The largest absolute Gasteiger partial charge is 0.382 e. The van der Waals surface area contributed by atoms with Crippen LogP contribution in [0.25, 0.3) is 0 Å². The fourth-order valence-corrected chi connectivity index (χ4v) is 4.48. The van der Waals surface area contributed by atoms with Crippen LogP contribution in [0.1, 0.15) is 9.67 Å².